The van der Waals surface area contributed by atoms with E-state index >= 15 is 0 Å². The molecule has 0 bridgehead atoms. The first-order valence-corrected chi connectivity index (χ1v) is 4.36. The third-order valence-corrected chi connectivity index (χ3v) is 2.24. The van der Waals surface area contributed by atoms with Crippen LogP contribution < -0.4 is 0 Å². The molecule has 0 spiro atoms. The zero-order valence-electron chi connectivity index (χ0n) is 5.29. The molecule has 3 heteroatoms. The van der Waals surface area contributed by atoms with Crippen LogP contribution in [0.25, 0.3) is 0 Å². The van der Waals surface area contributed by atoms with E-state index in [-0.39, 0.29) is 0 Å². The third kappa shape index (κ3) is 1.99. The van der Waals surface area contributed by atoms with E-state index < -0.39 is 0 Å². The van der Waals surface area contributed by atoms with Gasteiger partial charge in [0.1, 0.15) is 0 Å². The quantitative estimate of drug-likeness (QED) is 0.651. The fraction of sp³-hybridized carbons (Fsp3) is 0.500. The Kier molecular flexibility index (Phi) is 2.54. The molecule has 0 N–H and O–H groups in total. The van der Waals surface area contributed by atoms with Gasteiger partial charge in [-0.2, -0.15) is 12.6 Å². The second kappa shape index (κ2) is 3.22. The molecule has 0 aliphatic heterocycles. The summed E-state index contributed by atoms with van der Waals surface area (Å²) >= 11 is 5.82. The summed E-state index contributed by atoms with van der Waals surface area (Å²) in [5.41, 5.74) is 1.12. The van der Waals surface area contributed by atoms with Gasteiger partial charge in [0, 0.05) is 17.5 Å². The highest BCUT2D eigenvalue weighted by molar-refractivity contribution is 7.80. The monoisotopic (exact) mass is 159 g/mol. The van der Waals surface area contributed by atoms with Crippen molar-refractivity contribution in [2.75, 3.05) is 5.75 Å². The molecule has 9 heavy (non-hydrogen) atoms. The summed E-state index contributed by atoms with van der Waals surface area (Å²) in [5, 5.41) is 3.26. The number of hydrogen-bond donors (Lipinski definition) is 1. The fourth-order valence-corrected chi connectivity index (χ4v) is 1.75. The van der Waals surface area contributed by atoms with Crippen molar-refractivity contribution < 1.29 is 0 Å². The average molecular weight is 159 g/mol. The highest BCUT2D eigenvalue weighted by Gasteiger charge is 1.94. The van der Waals surface area contributed by atoms with Crippen LogP contribution in [-0.4, -0.2) is 10.7 Å². The van der Waals surface area contributed by atoms with E-state index in [9.17, 15) is 0 Å². The number of nitrogens with zero attached hydrogens (tertiary/aromatic N) is 1. The van der Waals surface area contributed by atoms with E-state index in [1.165, 1.54) is 5.01 Å². The largest absolute Gasteiger partial charge is 0.247 e. The molecule has 0 aliphatic rings. The molecule has 1 aromatic rings. The Morgan fingerprint density at radius 2 is 2.56 bits per heavy atom. The number of aryl methyl sites for hydroxylation is 2. The first kappa shape index (κ1) is 7.09. The molecule has 0 saturated carbocycles. The van der Waals surface area contributed by atoms with Gasteiger partial charge in [0.2, 0.25) is 0 Å². The first-order valence-electron chi connectivity index (χ1n) is 2.85. The minimum atomic E-state index is 0.896. The van der Waals surface area contributed by atoms with Crippen LogP contribution in [0.15, 0.2) is 5.38 Å². The zero-order chi connectivity index (χ0) is 6.69. The molecule has 0 radical (unpaired) electrons. The van der Waals surface area contributed by atoms with E-state index in [0.29, 0.717) is 0 Å². The van der Waals surface area contributed by atoms with Crippen LogP contribution in [0.2, 0.25) is 0 Å². The van der Waals surface area contributed by atoms with Gasteiger partial charge in [0.15, 0.2) is 0 Å². The van der Waals surface area contributed by atoms with Gasteiger partial charge < -0.3 is 0 Å². The predicted molar refractivity (Wildman–Crippen MR) is 44.4 cm³/mol. The molecule has 0 unspecified atom stereocenters. The molecule has 1 heterocycles. The number of hydrogen-bond acceptors (Lipinski definition) is 3. The van der Waals surface area contributed by atoms with Crippen molar-refractivity contribution in [3.05, 3.63) is 16.1 Å². The van der Waals surface area contributed by atoms with Crippen molar-refractivity contribution in [1.29, 1.82) is 0 Å². The molecule has 0 aromatic carbocycles. The minimum absolute atomic E-state index is 0.896. The maximum atomic E-state index is 4.27. The molecular formula is C6H9NS2. The Morgan fingerprint density at radius 3 is 3.00 bits per heavy atom. The molecular weight excluding hydrogens is 150 g/mol. The van der Waals surface area contributed by atoms with Gasteiger partial charge in [-0.1, -0.05) is 0 Å². The summed E-state index contributed by atoms with van der Waals surface area (Å²) in [6, 6.07) is 0. The number of rotatable bonds is 2. The van der Waals surface area contributed by atoms with Crippen molar-refractivity contribution >= 4 is 24.0 Å². The summed E-state index contributed by atoms with van der Waals surface area (Å²) in [5.74, 6) is 0.896. The summed E-state index contributed by atoms with van der Waals surface area (Å²) in [4.78, 5) is 4.27. The van der Waals surface area contributed by atoms with Crippen LogP contribution in [0.4, 0.5) is 0 Å². The minimum Gasteiger partial charge on any atom is -0.247 e. The van der Waals surface area contributed by atoms with Crippen LogP contribution in [0.1, 0.15) is 10.7 Å². The average Bonchev–Trinajstić information content (AvgIpc) is 2.17. The van der Waals surface area contributed by atoms with Gasteiger partial charge in [0.25, 0.3) is 0 Å². The van der Waals surface area contributed by atoms with Crippen molar-refractivity contribution in [2.45, 2.75) is 13.3 Å². The normalized spacial score (nSPS) is 10.0. The van der Waals surface area contributed by atoms with Crippen molar-refractivity contribution in [2.24, 2.45) is 0 Å². The van der Waals surface area contributed by atoms with Crippen molar-refractivity contribution in [3.8, 4) is 0 Å². The predicted octanol–water partition coefficient (Wildman–Crippen LogP) is 1.92. The number of thiazole rings is 1. The fourth-order valence-electron chi connectivity index (χ4n) is 0.613. The SMILES string of the molecule is Cc1csc(CCS)n1. The van der Waals surface area contributed by atoms with E-state index in [0.717, 1.165) is 17.9 Å². The van der Waals surface area contributed by atoms with Gasteiger partial charge in [0.05, 0.1) is 5.01 Å². The van der Waals surface area contributed by atoms with E-state index in [2.05, 4.69) is 23.0 Å². The zero-order valence-corrected chi connectivity index (χ0v) is 7.01. The van der Waals surface area contributed by atoms with Crippen LogP contribution in [0.5, 0.6) is 0 Å². The number of aromatic nitrogens is 1. The topological polar surface area (TPSA) is 12.9 Å². The molecule has 1 aromatic heterocycles. The van der Waals surface area contributed by atoms with E-state index in [1.54, 1.807) is 11.3 Å². The van der Waals surface area contributed by atoms with Gasteiger partial charge in [-0.05, 0) is 12.7 Å². The Morgan fingerprint density at radius 1 is 1.78 bits per heavy atom. The second-order valence-electron chi connectivity index (χ2n) is 1.86. The second-order valence-corrected chi connectivity index (χ2v) is 3.25. The van der Waals surface area contributed by atoms with Crippen LogP contribution in [0, 0.1) is 6.92 Å². The molecule has 0 saturated heterocycles. The Hall–Kier alpha value is -0.0200. The summed E-state index contributed by atoms with van der Waals surface area (Å²) < 4.78 is 0. The molecule has 1 nitrogen and oxygen atoms in total. The molecule has 1 rings (SSSR count). The van der Waals surface area contributed by atoms with E-state index in [1.807, 2.05) is 6.92 Å². The lowest BCUT2D eigenvalue weighted by atomic mass is 10.5. The highest BCUT2D eigenvalue weighted by atomic mass is 32.1. The first-order chi connectivity index (χ1) is 4.33. The molecule has 0 amide bonds. The summed E-state index contributed by atoms with van der Waals surface area (Å²) in [6.07, 6.45) is 1.00. The van der Waals surface area contributed by atoms with E-state index in [4.69, 9.17) is 0 Å². The standard InChI is InChI=1S/C6H9NS2/c1-5-4-9-6(7-5)2-3-8/h4,8H,2-3H2,1H3. The van der Waals surface area contributed by atoms with Crippen LogP contribution in [0.3, 0.4) is 0 Å². The van der Waals surface area contributed by atoms with Crippen LogP contribution >= 0.6 is 24.0 Å². The van der Waals surface area contributed by atoms with Gasteiger partial charge in [-0.3, -0.25) is 0 Å². The van der Waals surface area contributed by atoms with Gasteiger partial charge >= 0.3 is 0 Å². The maximum absolute atomic E-state index is 4.27. The molecule has 50 valence electrons. The lowest BCUT2D eigenvalue weighted by Crippen LogP contribution is -1.83. The van der Waals surface area contributed by atoms with Crippen molar-refractivity contribution in [3.63, 3.8) is 0 Å². The highest BCUT2D eigenvalue weighted by Crippen LogP contribution is 2.08. The lowest BCUT2D eigenvalue weighted by molar-refractivity contribution is 1.08. The van der Waals surface area contributed by atoms with Gasteiger partial charge in [-0.25, -0.2) is 4.98 Å². The lowest BCUT2D eigenvalue weighted by Gasteiger charge is -1.85. The summed E-state index contributed by atoms with van der Waals surface area (Å²) in [7, 11) is 0. The molecule has 0 aliphatic carbocycles. The number of thiol groups is 1. The third-order valence-electron chi connectivity index (χ3n) is 0.992. The maximum Gasteiger partial charge on any atom is 0.0936 e. The summed E-state index contributed by atoms with van der Waals surface area (Å²) in [6.45, 7) is 2.01. The van der Waals surface area contributed by atoms with Crippen molar-refractivity contribution in [1.82, 2.24) is 4.98 Å². The van der Waals surface area contributed by atoms with Crippen LogP contribution in [-0.2, 0) is 6.42 Å². The Labute approximate surface area is 64.5 Å². The molecule has 0 fully saturated rings. The Bertz CT molecular complexity index is 183. The van der Waals surface area contributed by atoms with Gasteiger partial charge in [-0.15, -0.1) is 11.3 Å². The molecule has 0 atom stereocenters. The smallest absolute Gasteiger partial charge is 0.0936 e. The Balaban J connectivity index is 2.61.